The maximum absolute atomic E-state index is 12.2. The SMILES string of the molecule is Cc1csc(NC(=O)c2cncc(Oc3cccnc3)c2)n1. The number of nitrogens with zero attached hydrogens (tertiary/aromatic N) is 3. The number of carbonyl (C=O) groups excluding carboxylic acids is 1. The Balaban J connectivity index is 1.74. The van der Waals surface area contributed by atoms with E-state index in [9.17, 15) is 4.79 Å². The summed E-state index contributed by atoms with van der Waals surface area (Å²) in [5.41, 5.74) is 1.27. The third kappa shape index (κ3) is 3.44. The van der Waals surface area contributed by atoms with Crippen molar-refractivity contribution in [1.29, 1.82) is 0 Å². The molecule has 0 atom stereocenters. The molecule has 3 rings (SSSR count). The first-order chi connectivity index (χ1) is 10.7. The summed E-state index contributed by atoms with van der Waals surface area (Å²) in [5, 5.41) is 5.16. The van der Waals surface area contributed by atoms with Crippen LogP contribution in [0.2, 0.25) is 0 Å². The van der Waals surface area contributed by atoms with Crippen LogP contribution < -0.4 is 10.1 Å². The van der Waals surface area contributed by atoms with Gasteiger partial charge in [0, 0.05) is 17.8 Å². The highest BCUT2D eigenvalue weighted by Crippen LogP contribution is 2.21. The summed E-state index contributed by atoms with van der Waals surface area (Å²) >= 11 is 1.38. The number of anilines is 1. The second kappa shape index (κ2) is 6.31. The molecule has 0 saturated carbocycles. The Labute approximate surface area is 130 Å². The van der Waals surface area contributed by atoms with E-state index in [0.717, 1.165) is 5.69 Å². The standard InChI is InChI=1S/C15H12N4O2S/c1-10-9-22-15(18-10)19-14(20)11-5-13(8-17-6-11)21-12-3-2-4-16-7-12/h2-9H,1H3,(H,18,19,20). The number of pyridine rings is 2. The van der Waals surface area contributed by atoms with Crippen LogP contribution in [-0.2, 0) is 0 Å². The highest BCUT2D eigenvalue weighted by molar-refractivity contribution is 7.13. The molecule has 0 bridgehead atoms. The molecule has 22 heavy (non-hydrogen) atoms. The molecule has 0 aliphatic heterocycles. The van der Waals surface area contributed by atoms with Gasteiger partial charge in [0.05, 0.1) is 23.7 Å². The van der Waals surface area contributed by atoms with Gasteiger partial charge in [0.15, 0.2) is 5.13 Å². The average Bonchev–Trinajstić information content (AvgIpc) is 2.93. The van der Waals surface area contributed by atoms with Crippen molar-refractivity contribution in [2.24, 2.45) is 0 Å². The van der Waals surface area contributed by atoms with Crippen LogP contribution in [0.5, 0.6) is 11.5 Å². The minimum absolute atomic E-state index is 0.279. The fourth-order valence-corrected chi connectivity index (χ4v) is 2.41. The number of rotatable bonds is 4. The average molecular weight is 312 g/mol. The molecular weight excluding hydrogens is 300 g/mol. The predicted octanol–water partition coefficient (Wildman–Crippen LogP) is 3.29. The number of aromatic nitrogens is 3. The molecule has 1 N–H and O–H groups in total. The summed E-state index contributed by atoms with van der Waals surface area (Å²) < 4.78 is 5.61. The van der Waals surface area contributed by atoms with Crippen LogP contribution in [0, 0.1) is 6.92 Å². The normalized spacial score (nSPS) is 10.2. The summed E-state index contributed by atoms with van der Waals surface area (Å²) in [6.07, 6.45) is 6.26. The van der Waals surface area contributed by atoms with E-state index >= 15 is 0 Å². The molecule has 1 amide bonds. The molecule has 0 unspecified atom stereocenters. The van der Waals surface area contributed by atoms with E-state index < -0.39 is 0 Å². The van der Waals surface area contributed by atoms with E-state index in [-0.39, 0.29) is 5.91 Å². The van der Waals surface area contributed by atoms with Gasteiger partial charge >= 0.3 is 0 Å². The van der Waals surface area contributed by atoms with Crippen molar-refractivity contribution in [3.63, 3.8) is 0 Å². The van der Waals surface area contributed by atoms with E-state index in [1.165, 1.54) is 23.7 Å². The number of amides is 1. The van der Waals surface area contributed by atoms with Crippen molar-refractivity contribution < 1.29 is 9.53 Å². The van der Waals surface area contributed by atoms with Gasteiger partial charge in [-0.15, -0.1) is 11.3 Å². The summed E-state index contributed by atoms with van der Waals surface area (Å²) in [6.45, 7) is 1.87. The zero-order chi connectivity index (χ0) is 15.4. The first-order valence-electron chi connectivity index (χ1n) is 6.47. The molecule has 0 saturated heterocycles. The third-order valence-electron chi connectivity index (χ3n) is 2.68. The Bertz CT molecular complexity index is 789. The summed E-state index contributed by atoms with van der Waals surface area (Å²) in [4.78, 5) is 24.4. The summed E-state index contributed by atoms with van der Waals surface area (Å²) in [5.74, 6) is 0.770. The van der Waals surface area contributed by atoms with Crippen LogP contribution in [-0.4, -0.2) is 20.9 Å². The fraction of sp³-hybridized carbons (Fsp3) is 0.0667. The van der Waals surface area contributed by atoms with E-state index in [0.29, 0.717) is 22.2 Å². The number of ether oxygens (including phenoxy) is 1. The van der Waals surface area contributed by atoms with Gasteiger partial charge in [0.25, 0.3) is 5.91 Å². The molecule has 3 aromatic heterocycles. The highest BCUT2D eigenvalue weighted by Gasteiger charge is 2.10. The fourth-order valence-electron chi connectivity index (χ4n) is 1.72. The number of aryl methyl sites for hydroxylation is 1. The molecule has 0 aromatic carbocycles. The highest BCUT2D eigenvalue weighted by atomic mass is 32.1. The molecule has 3 heterocycles. The van der Waals surface area contributed by atoms with Crippen molar-refractivity contribution in [1.82, 2.24) is 15.0 Å². The lowest BCUT2D eigenvalue weighted by molar-refractivity contribution is 0.102. The predicted molar refractivity (Wildman–Crippen MR) is 83.4 cm³/mol. The minimum Gasteiger partial charge on any atom is -0.454 e. The second-order valence-electron chi connectivity index (χ2n) is 4.45. The van der Waals surface area contributed by atoms with Crippen LogP contribution in [0.25, 0.3) is 0 Å². The van der Waals surface area contributed by atoms with Crippen molar-refractivity contribution >= 4 is 22.4 Å². The van der Waals surface area contributed by atoms with Gasteiger partial charge in [-0.2, -0.15) is 0 Å². The molecule has 6 nitrogen and oxygen atoms in total. The van der Waals surface area contributed by atoms with Crippen LogP contribution in [0.1, 0.15) is 16.1 Å². The van der Waals surface area contributed by atoms with Crippen molar-refractivity contribution in [2.45, 2.75) is 6.92 Å². The van der Waals surface area contributed by atoms with Gasteiger partial charge in [-0.3, -0.25) is 20.1 Å². The topological polar surface area (TPSA) is 77.0 Å². The van der Waals surface area contributed by atoms with Crippen LogP contribution in [0.3, 0.4) is 0 Å². The number of hydrogen-bond acceptors (Lipinski definition) is 6. The lowest BCUT2D eigenvalue weighted by Gasteiger charge is -2.06. The van der Waals surface area contributed by atoms with E-state index in [4.69, 9.17) is 4.74 Å². The van der Waals surface area contributed by atoms with Gasteiger partial charge in [-0.05, 0) is 25.1 Å². The molecule has 0 aliphatic carbocycles. The first-order valence-corrected chi connectivity index (χ1v) is 7.35. The smallest absolute Gasteiger partial charge is 0.259 e. The Morgan fingerprint density at radius 1 is 1.23 bits per heavy atom. The number of nitrogens with one attached hydrogen (secondary N) is 1. The molecule has 0 radical (unpaired) electrons. The summed E-state index contributed by atoms with van der Waals surface area (Å²) in [7, 11) is 0. The Morgan fingerprint density at radius 2 is 2.09 bits per heavy atom. The lowest BCUT2D eigenvalue weighted by Crippen LogP contribution is -2.12. The maximum atomic E-state index is 12.2. The first kappa shape index (κ1) is 14.2. The van der Waals surface area contributed by atoms with Gasteiger partial charge in [-0.1, -0.05) is 0 Å². The molecular formula is C15H12N4O2S. The molecule has 110 valence electrons. The number of thiazole rings is 1. The largest absolute Gasteiger partial charge is 0.454 e. The van der Waals surface area contributed by atoms with E-state index in [2.05, 4.69) is 20.3 Å². The zero-order valence-electron chi connectivity index (χ0n) is 11.7. The maximum Gasteiger partial charge on any atom is 0.259 e. The molecule has 0 fully saturated rings. The number of carbonyl (C=O) groups is 1. The summed E-state index contributed by atoms with van der Waals surface area (Å²) in [6, 6.07) is 5.16. The molecule has 0 aliphatic rings. The number of hydrogen-bond donors (Lipinski definition) is 1. The monoisotopic (exact) mass is 312 g/mol. The third-order valence-corrected chi connectivity index (χ3v) is 3.56. The Kier molecular flexibility index (Phi) is 4.06. The molecule has 3 aromatic rings. The van der Waals surface area contributed by atoms with Gasteiger partial charge in [0.2, 0.25) is 0 Å². The van der Waals surface area contributed by atoms with Gasteiger partial charge < -0.3 is 4.74 Å². The van der Waals surface area contributed by atoms with Crippen LogP contribution >= 0.6 is 11.3 Å². The van der Waals surface area contributed by atoms with Crippen LogP contribution in [0.4, 0.5) is 5.13 Å². The molecule has 0 spiro atoms. The van der Waals surface area contributed by atoms with Crippen LogP contribution in [0.15, 0.2) is 48.4 Å². The van der Waals surface area contributed by atoms with Gasteiger partial charge in [-0.25, -0.2) is 4.98 Å². The van der Waals surface area contributed by atoms with Crippen molar-refractivity contribution in [3.8, 4) is 11.5 Å². The van der Waals surface area contributed by atoms with Crippen molar-refractivity contribution in [2.75, 3.05) is 5.32 Å². The Morgan fingerprint density at radius 3 is 2.82 bits per heavy atom. The van der Waals surface area contributed by atoms with E-state index in [1.54, 1.807) is 30.6 Å². The zero-order valence-corrected chi connectivity index (χ0v) is 12.5. The Hall–Kier alpha value is -2.80. The lowest BCUT2D eigenvalue weighted by atomic mass is 10.2. The molecule has 7 heteroatoms. The van der Waals surface area contributed by atoms with E-state index in [1.807, 2.05) is 12.3 Å². The second-order valence-corrected chi connectivity index (χ2v) is 5.31. The minimum atomic E-state index is -0.279. The quantitative estimate of drug-likeness (QED) is 0.800. The van der Waals surface area contributed by atoms with Crippen molar-refractivity contribution in [3.05, 3.63) is 59.6 Å². The van der Waals surface area contributed by atoms with Gasteiger partial charge in [0.1, 0.15) is 11.5 Å².